The van der Waals surface area contributed by atoms with Gasteiger partial charge in [-0.1, -0.05) is 36.4 Å². The molecule has 3 heteroatoms. The lowest BCUT2D eigenvalue weighted by atomic mass is 10.00. The molecule has 1 saturated carbocycles. The van der Waals surface area contributed by atoms with Crippen LogP contribution in [0.25, 0.3) is 0 Å². The number of thioether (sulfide) groups is 2. The Balaban J connectivity index is 2.03. The molecule has 0 amide bonds. The number of hydrogen-bond acceptors (Lipinski definition) is 2. The minimum atomic E-state index is 0.969. The van der Waals surface area contributed by atoms with E-state index in [0.29, 0.717) is 0 Å². The van der Waals surface area contributed by atoms with Crippen LogP contribution in [-0.2, 0) is 11.4 Å². The molecular formula is C8H13S3+. The molecule has 0 nitrogen and oxygen atoms in total. The Morgan fingerprint density at radius 3 is 2.18 bits per heavy atom. The van der Waals surface area contributed by atoms with E-state index < -0.39 is 0 Å². The van der Waals surface area contributed by atoms with Crippen LogP contribution in [0.3, 0.4) is 0 Å². The topological polar surface area (TPSA) is 0 Å². The predicted octanol–water partition coefficient (Wildman–Crippen LogP) is 2.58. The molecule has 1 aliphatic heterocycles. The first-order valence-corrected chi connectivity index (χ1v) is 7.13. The second-order valence-electron chi connectivity index (χ2n) is 3.05. The van der Waals surface area contributed by atoms with E-state index in [1.807, 2.05) is 11.4 Å². The molecule has 0 bridgehead atoms. The third-order valence-corrected chi connectivity index (χ3v) is 7.08. The molecule has 0 aromatic carbocycles. The molecule has 2 aliphatic rings. The Kier molecular flexibility index (Phi) is 2.80. The van der Waals surface area contributed by atoms with Gasteiger partial charge >= 0.3 is 0 Å². The van der Waals surface area contributed by atoms with Gasteiger partial charge < -0.3 is 0 Å². The first-order valence-electron chi connectivity index (χ1n) is 4.14. The smallest absolute Gasteiger partial charge is 0.0532 e. The average Bonchev–Trinajstić information content (AvgIpc) is 2.46. The highest BCUT2D eigenvalue weighted by Crippen LogP contribution is 2.45. The standard InChI is InChI=1S/C8H13S3/c1-9-8-10-6-4-2-3-5-7(6)11-8/h6-7H,2-5H2,1H3/q+1. The maximum absolute atomic E-state index is 2.20. The maximum atomic E-state index is 2.20. The molecule has 11 heavy (non-hydrogen) atoms. The van der Waals surface area contributed by atoms with Gasteiger partial charge in [-0.15, -0.1) is 0 Å². The lowest BCUT2D eigenvalue weighted by molar-refractivity contribution is 0.532. The Morgan fingerprint density at radius 1 is 1.18 bits per heavy atom. The van der Waals surface area contributed by atoms with Gasteiger partial charge in [0, 0.05) is 10.5 Å². The van der Waals surface area contributed by atoms with Crippen LogP contribution in [0.2, 0.25) is 0 Å². The molecule has 1 saturated heterocycles. The van der Waals surface area contributed by atoms with Crippen molar-refractivity contribution in [3.63, 3.8) is 0 Å². The van der Waals surface area contributed by atoms with Crippen LogP contribution in [0, 0.1) is 0 Å². The molecule has 0 aromatic heterocycles. The van der Waals surface area contributed by atoms with Crippen molar-refractivity contribution in [3.8, 4) is 0 Å². The fourth-order valence-electron chi connectivity index (χ4n) is 1.70. The molecule has 2 rings (SSSR count). The Labute approximate surface area is 80.9 Å². The van der Waals surface area contributed by atoms with Gasteiger partial charge in [0.2, 0.25) is 0 Å². The highest BCUT2D eigenvalue weighted by Gasteiger charge is 2.38. The van der Waals surface area contributed by atoms with Crippen LogP contribution in [0.5, 0.6) is 0 Å². The molecule has 2 unspecified atom stereocenters. The van der Waals surface area contributed by atoms with Gasteiger partial charge in [0.25, 0.3) is 3.53 Å². The van der Waals surface area contributed by atoms with Crippen LogP contribution in [0.15, 0.2) is 0 Å². The molecule has 0 spiro atoms. The largest absolute Gasteiger partial charge is 0.292 e. The van der Waals surface area contributed by atoms with Crippen molar-refractivity contribution < 1.29 is 0 Å². The van der Waals surface area contributed by atoms with Gasteiger partial charge in [-0.05, 0) is 12.8 Å². The molecule has 2 fully saturated rings. The summed E-state index contributed by atoms with van der Waals surface area (Å²) in [7, 11) is 0. The van der Waals surface area contributed by atoms with Gasteiger partial charge in [-0.2, -0.15) is 0 Å². The molecule has 62 valence electrons. The Morgan fingerprint density at radius 2 is 1.73 bits per heavy atom. The fourth-order valence-corrected chi connectivity index (χ4v) is 6.15. The second kappa shape index (κ2) is 3.67. The van der Waals surface area contributed by atoms with E-state index >= 15 is 0 Å². The zero-order valence-corrected chi connectivity index (χ0v) is 9.16. The summed E-state index contributed by atoms with van der Waals surface area (Å²) >= 11 is 6.22. The van der Waals surface area contributed by atoms with Gasteiger partial charge in [0.1, 0.15) is 0 Å². The van der Waals surface area contributed by atoms with E-state index in [9.17, 15) is 0 Å². The summed E-state index contributed by atoms with van der Waals surface area (Å²) in [6.07, 6.45) is 8.07. The zero-order chi connectivity index (χ0) is 7.68. The maximum Gasteiger partial charge on any atom is 0.292 e. The molecule has 2 atom stereocenters. The molecule has 1 aliphatic carbocycles. The first kappa shape index (κ1) is 8.39. The van der Waals surface area contributed by atoms with Gasteiger partial charge in [-0.25, -0.2) is 0 Å². The summed E-state index contributed by atoms with van der Waals surface area (Å²) < 4.78 is 1.61. The minimum absolute atomic E-state index is 0.969. The normalized spacial score (nSPS) is 37.0. The Bertz CT molecular complexity index is 160. The number of rotatable bonds is 0. The summed E-state index contributed by atoms with van der Waals surface area (Å²) in [6, 6.07) is 0. The average molecular weight is 205 g/mol. The van der Waals surface area contributed by atoms with Crippen LogP contribution in [-0.4, -0.2) is 20.3 Å². The minimum Gasteiger partial charge on any atom is -0.0532 e. The van der Waals surface area contributed by atoms with Gasteiger partial charge in [0.05, 0.1) is 0 Å². The lowest BCUT2D eigenvalue weighted by Gasteiger charge is -2.21. The van der Waals surface area contributed by atoms with E-state index in [1.54, 1.807) is 3.53 Å². The zero-order valence-electron chi connectivity index (χ0n) is 6.71. The molecule has 0 aromatic rings. The van der Waals surface area contributed by atoms with Crippen LogP contribution in [0.1, 0.15) is 25.7 Å². The van der Waals surface area contributed by atoms with Crippen molar-refractivity contribution in [3.05, 3.63) is 0 Å². The Hall–Kier alpha value is 0.790. The van der Waals surface area contributed by atoms with E-state index in [-0.39, 0.29) is 0 Å². The van der Waals surface area contributed by atoms with Crippen LogP contribution < -0.4 is 0 Å². The molecular weight excluding hydrogens is 192 g/mol. The monoisotopic (exact) mass is 205 g/mol. The highest BCUT2D eigenvalue weighted by atomic mass is 32.2. The second-order valence-corrected chi connectivity index (χ2v) is 7.14. The SMILES string of the molecule is C[S+]=C1SC2CCCCC2S1. The summed E-state index contributed by atoms with van der Waals surface area (Å²) in [5.41, 5.74) is 0. The van der Waals surface area contributed by atoms with Crippen molar-refractivity contribution in [1.82, 2.24) is 0 Å². The van der Waals surface area contributed by atoms with Crippen molar-refractivity contribution >= 4 is 38.4 Å². The molecule has 0 radical (unpaired) electrons. The first-order chi connectivity index (χ1) is 5.40. The van der Waals surface area contributed by atoms with E-state index in [1.165, 1.54) is 25.7 Å². The van der Waals surface area contributed by atoms with Crippen LogP contribution >= 0.6 is 23.5 Å². The summed E-state index contributed by atoms with van der Waals surface area (Å²) in [6.45, 7) is 0. The number of hydrogen-bond donors (Lipinski definition) is 0. The fraction of sp³-hybridized carbons (Fsp3) is 0.875. The summed E-state index contributed by atoms with van der Waals surface area (Å²) in [5, 5.41) is 1.94. The lowest BCUT2D eigenvalue weighted by Crippen LogP contribution is -2.19. The van der Waals surface area contributed by atoms with Crippen molar-refractivity contribution in [2.45, 2.75) is 36.2 Å². The van der Waals surface area contributed by atoms with Crippen molar-refractivity contribution in [2.24, 2.45) is 0 Å². The van der Waals surface area contributed by atoms with Crippen molar-refractivity contribution in [1.29, 1.82) is 0 Å². The third kappa shape index (κ3) is 1.76. The molecule has 1 heterocycles. The predicted molar refractivity (Wildman–Crippen MR) is 59.5 cm³/mol. The van der Waals surface area contributed by atoms with E-state index in [4.69, 9.17) is 0 Å². The number of fused-ring (bicyclic) bond motifs is 1. The summed E-state index contributed by atoms with van der Waals surface area (Å²) in [4.78, 5) is 0. The van der Waals surface area contributed by atoms with Gasteiger partial charge in [-0.3, -0.25) is 0 Å². The van der Waals surface area contributed by atoms with Crippen LogP contribution in [0.4, 0.5) is 0 Å². The quantitative estimate of drug-likeness (QED) is 0.440. The summed E-state index contributed by atoms with van der Waals surface area (Å²) in [5.74, 6) is 0. The molecule has 0 N–H and O–H groups in total. The van der Waals surface area contributed by atoms with Gasteiger partial charge in [0.15, 0.2) is 17.6 Å². The van der Waals surface area contributed by atoms with E-state index in [2.05, 4.69) is 29.8 Å². The third-order valence-electron chi connectivity index (χ3n) is 2.30. The van der Waals surface area contributed by atoms with Crippen molar-refractivity contribution in [2.75, 3.05) is 6.26 Å². The van der Waals surface area contributed by atoms with E-state index in [0.717, 1.165) is 10.5 Å². The highest BCUT2D eigenvalue weighted by molar-refractivity contribution is 8.49.